The molecule has 1 amide bonds. The SMILES string of the molecule is C#CC(C)(C)NC(=O)c1cccc(CC(=O)Cc2cc(Cl)ccc2O)c1. The summed E-state index contributed by atoms with van der Waals surface area (Å²) in [6, 6.07) is 11.4. The number of hydrogen-bond donors (Lipinski definition) is 2. The van der Waals surface area contributed by atoms with Crippen LogP contribution < -0.4 is 5.32 Å². The van der Waals surface area contributed by atoms with Crippen LogP contribution in [0.2, 0.25) is 5.02 Å². The lowest BCUT2D eigenvalue weighted by Gasteiger charge is -2.19. The maximum atomic E-state index is 12.3. The zero-order valence-electron chi connectivity index (χ0n) is 14.7. The standard InChI is InChI=1S/C21H20ClNO3/c1-4-21(2,3)23-20(26)15-7-5-6-14(10-15)11-18(24)13-16-12-17(22)8-9-19(16)25/h1,5-10,12,25H,11,13H2,2-3H3,(H,23,26). The zero-order chi connectivity index (χ0) is 19.3. The van der Waals surface area contributed by atoms with Crippen LogP contribution in [0.4, 0.5) is 0 Å². The summed E-state index contributed by atoms with van der Waals surface area (Å²) in [5, 5.41) is 13.0. The van der Waals surface area contributed by atoms with Gasteiger partial charge in [0.05, 0.1) is 5.54 Å². The molecule has 5 heteroatoms. The van der Waals surface area contributed by atoms with Crippen molar-refractivity contribution in [3.63, 3.8) is 0 Å². The summed E-state index contributed by atoms with van der Waals surface area (Å²) >= 11 is 5.90. The number of amides is 1. The Morgan fingerprint density at radius 2 is 1.92 bits per heavy atom. The first-order chi connectivity index (χ1) is 12.2. The average molecular weight is 370 g/mol. The van der Waals surface area contributed by atoms with Crippen molar-refractivity contribution in [3.05, 3.63) is 64.2 Å². The van der Waals surface area contributed by atoms with Gasteiger partial charge in [0.15, 0.2) is 0 Å². The van der Waals surface area contributed by atoms with Gasteiger partial charge in [-0.05, 0) is 49.7 Å². The summed E-state index contributed by atoms with van der Waals surface area (Å²) in [6.45, 7) is 3.46. The molecule has 0 spiro atoms. The van der Waals surface area contributed by atoms with Gasteiger partial charge in [0.1, 0.15) is 11.5 Å². The highest BCUT2D eigenvalue weighted by atomic mass is 35.5. The molecule has 2 aromatic carbocycles. The molecule has 0 aliphatic carbocycles. The molecule has 0 fully saturated rings. The van der Waals surface area contributed by atoms with Crippen molar-refractivity contribution < 1.29 is 14.7 Å². The Labute approximate surface area is 158 Å². The highest BCUT2D eigenvalue weighted by Gasteiger charge is 2.18. The van der Waals surface area contributed by atoms with Gasteiger partial charge < -0.3 is 10.4 Å². The Morgan fingerprint density at radius 3 is 2.62 bits per heavy atom. The Hall–Kier alpha value is -2.77. The first kappa shape index (κ1) is 19.6. The van der Waals surface area contributed by atoms with Crippen molar-refractivity contribution in [2.24, 2.45) is 0 Å². The van der Waals surface area contributed by atoms with Gasteiger partial charge in [-0.25, -0.2) is 0 Å². The van der Waals surface area contributed by atoms with E-state index in [0.717, 1.165) is 0 Å². The quantitative estimate of drug-likeness (QED) is 0.765. The normalized spacial score (nSPS) is 10.8. The van der Waals surface area contributed by atoms with Crippen LogP contribution in [0.25, 0.3) is 0 Å². The number of nitrogens with one attached hydrogen (secondary N) is 1. The van der Waals surface area contributed by atoms with Gasteiger partial charge in [-0.3, -0.25) is 9.59 Å². The fraction of sp³-hybridized carbons (Fsp3) is 0.238. The molecule has 0 aliphatic rings. The van der Waals surface area contributed by atoms with Gasteiger partial charge >= 0.3 is 0 Å². The lowest BCUT2D eigenvalue weighted by molar-refractivity contribution is -0.117. The second-order valence-electron chi connectivity index (χ2n) is 6.59. The van der Waals surface area contributed by atoms with Gasteiger partial charge in [0.2, 0.25) is 0 Å². The zero-order valence-corrected chi connectivity index (χ0v) is 15.4. The third-order valence-corrected chi connectivity index (χ3v) is 4.04. The van der Waals surface area contributed by atoms with Crippen LogP contribution in [0.15, 0.2) is 42.5 Å². The first-order valence-corrected chi connectivity index (χ1v) is 8.46. The number of terminal acetylenes is 1. The topological polar surface area (TPSA) is 66.4 Å². The van der Waals surface area contributed by atoms with E-state index in [0.29, 0.717) is 21.7 Å². The van der Waals surface area contributed by atoms with Crippen molar-refractivity contribution in [1.29, 1.82) is 0 Å². The van der Waals surface area contributed by atoms with Gasteiger partial charge in [0.25, 0.3) is 5.91 Å². The molecule has 26 heavy (non-hydrogen) atoms. The predicted octanol–water partition coefficient (Wildman–Crippen LogP) is 3.54. The van der Waals surface area contributed by atoms with E-state index in [9.17, 15) is 14.7 Å². The highest BCUT2D eigenvalue weighted by molar-refractivity contribution is 6.30. The molecule has 0 heterocycles. The number of phenolic OH excluding ortho intramolecular Hbond substituents is 1. The van der Waals surface area contributed by atoms with E-state index >= 15 is 0 Å². The minimum Gasteiger partial charge on any atom is -0.508 e. The van der Waals surface area contributed by atoms with Gasteiger partial charge in [-0.1, -0.05) is 29.7 Å². The van der Waals surface area contributed by atoms with E-state index in [4.69, 9.17) is 18.0 Å². The van der Waals surface area contributed by atoms with E-state index in [1.807, 2.05) is 0 Å². The van der Waals surface area contributed by atoms with Crippen LogP contribution in [-0.2, 0) is 17.6 Å². The number of carbonyl (C=O) groups is 2. The number of carbonyl (C=O) groups excluding carboxylic acids is 2. The second-order valence-corrected chi connectivity index (χ2v) is 7.03. The molecule has 2 rings (SSSR count). The number of Topliss-reactive ketones (excluding diaryl/α,β-unsaturated/α-hetero) is 1. The number of rotatable bonds is 6. The van der Waals surface area contributed by atoms with E-state index in [-0.39, 0.29) is 30.3 Å². The summed E-state index contributed by atoms with van der Waals surface area (Å²) in [7, 11) is 0. The van der Waals surface area contributed by atoms with Crippen molar-refractivity contribution in [1.82, 2.24) is 5.32 Å². The smallest absolute Gasteiger partial charge is 0.252 e. The lowest BCUT2D eigenvalue weighted by atomic mass is 10.00. The molecule has 0 radical (unpaired) electrons. The monoisotopic (exact) mass is 369 g/mol. The van der Waals surface area contributed by atoms with Gasteiger partial charge in [-0.2, -0.15) is 0 Å². The van der Waals surface area contributed by atoms with Crippen LogP contribution in [0.3, 0.4) is 0 Å². The highest BCUT2D eigenvalue weighted by Crippen LogP contribution is 2.22. The number of aromatic hydroxyl groups is 1. The second kappa shape index (κ2) is 8.07. The number of ketones is 1. The van der Waals surface area contributed by atoms with E-state index in [2.05, 4.69) is 11.2 Å². The number of hydrogen-bond acceptors (Lipinski definition) is 3. The average Bonchev–Trinajstić information content (AvgIpc) is 2.58. The van der Waals surface area contributed by atoms with E-state index in [1.54, 1.807) is 50.2 Å². The molecular formula is C21H20ClNO3. The fourth-order valence-corrected chi connectivity index (χ4v) is 2.61. The summed E-state index contributed by atoms with van der Waals surface area (Å²) < 4.78 is 0. The Kier molecular flexibility index (Phi) is 6.07. The van der Waals surface area contributed by atoms with Crippen molar-refractivity contribution in [2.45, 2.75) is 32.2 Å². The summed E-state index contributed by atoms with van der Waals surface area (Å²) in [6.07, 6.45) is 5.59. The maximum Gasteiger partial charge on any atom is 0.252 e. The van der Waals surface area contributed by atoms with Crippen LogP contribution in [-0.4, -0.2) is 22.3 Å². The molecule has 0 saturated carbocycles. The number of halogens is 1. The third-order valence-electron chi connectivity index (χ3n) is 3.81. The van der Waals surface area contributed by atoms with E-state index in [1.165, 1.54) is 6.07 Å². The van der Waals surface area contributed by atoms with Crippen molar-refractivity contribution in [3.8, 4) is 18.1 Å². The van der Waals surface area contributed by atoms with Crippen LogP contribution >= 0.6 is 11.6 Å². The van der Waals surface area contributed by atoms with Gasteiger partial charge in [0, 0.05) is 29.0 Å². The molecule has 2 aromatic rings. The minimum absolute atomic E-state index is 0.0346. The lowest BCUT2D eigenvalue weighted by Crippen LogP contribution is -2.42. The first-order valence-electron chi connectivity index (χ1n) is 8.08. The predicted molar refractivity (Wildman–Crippen MR) is 102 cm³/mol. The number of benzene rings is 2. The Bertz CT molecular complexity index is 881. The molecule has 134 valence electrons. The molecule has 0 aliphatic heterocycles. The van der Waals surface area contributed by atoms with Crippen LogP contribution in [0, 0.1) is 12.3 Å². The number of phenols is 1. The van der Waals surface area contributed by atoms with Crippen LogP contribution in [0.5, 0.6) is 5.75 Å². The minimum atomic E-state index is -0.757. The van der Waals surface area contributed by atoms with Gasteiger partial charge in [-0.15, -0.1) is 6.42 Å². The Morgan fingerprint density at radius 1 is 1.19 bits per heavy atom. The Balaban J connectivity index is 2.08. The molecule has 0 bridgehead atoms. The maximum absolute atomic E-state index is 12.3. The van der Waals surface area contributed by atoms with Crippen molar-refractivity contribution >= 4 is 23.3 Å². The largest absolute Gasteiger partial charge is 0.508 e. The fourth-order valence-electron chi connectivity index (χ4n) is 2.41. The summed E-state index contributed by atoms with van der Waals surface area (Å²) in [5.41, 5.74) is 0.867. The molecule has 2 N–H and O–H groups in total. The summed E-state index contributed by atoms with van der Waals surface area (Å²) in [5.74, 6) is 2.15. The summed E-state index contributed by atoms with van der Waals surface area (Å²) in [4.78, 5) is 24.6. The molecule has 0 aromatic heterocycles. The molecule has 4 nitrogen and oxygen atoms in total. The third kappa shape index (κ3) is 5.37. The van der Waals surface area contributed by atoms with E-state index < -0.39 is 5.54 Å². The molecule has 0 saturated heterocycles. The molecular weight excluding hydrogens is 350 g/mol. The van der Waals surface area contributed by atoms with Crippen LogP contribution in [0.1, 0.15) is 35.3 Å². The molecule has 0 unspecified atom stereocenters. The van der Waals surface area contributed by atoms with Crippen molar-refractivity contribution in [2.75, 3.05) is 0 Å². The molecule has 0 atom stereocenters.